The molecule has 0 saturated heterocycles. The summed E-state index contributed by atoms with van der Waals surface area (Å²) in [5.74, 6) is 0.112. The van der Waals surface area contributed by atoms with Crippen molar-refractivity contribution in [1.29, 1.82) is 0 Å². The van der Waals surface area contributed by atoms with Crippen LogP contribution in [0.4, 0.5) is 0 Å². The molecule has 1 aliphatic rings. The van der Waals surface area contributed by atoms with Gasteiger partial charge >= 0.3 is 5.97 Å². The number of aliphatic hydroxyl groups is 1. The van der Waals surface area contributed by atoms with E-state index >= 15 is 0 Å². The van der Waals surface area contributed by atoms with E-state index in [1.165, 1.54) is 31.4 Å². The maximum Gasteiger partial charge on any atom is 0.330 e. The Kier molecular flexibility index (Phi) is 6.82. The summed E-state index contributed by atoms with van der Waals surface area (Å²) in [7, 11) is 0. The number of hydrogen-bond acceptors (Lipinski definition) is 3. The van der Waals surface area contributed by atoms with Crippen molar-refractivity contribution in [1.82, 2.24) is 0 Å². The van der Waals surface area contributed by atoms with Crippen LogP contribution in [-0.2, 0) is 9.53 Å². The highest BCUT2D eigenvalue weighted by atomic mass is 79.9. The lowest BCUT2D eigenvalue weighted by Crippen LogP contribution is -2.28. The zero-order valence-corrected chi connectivity index (χ0v) is 11.9. The maximum atomic E-state index is 11.1. The SMILES string of the molecule is CCOC(=O)/C=C/[C@@H](O)[C@@H](Br)C1CCCCC1. The Labute approximate surface area is 111 Å². The molecule has 98 valence electrons. The van der Waals surface area contributed by atoms with Gasteiger partial charge in [-0.25, -0.2) is 4.79 Å². The van der Waals surface area contributed by atoms with E-state index in [4.69, 9.17) is 4.74 Å². The van der Waals surface area contributed by atoms with Crippen molar-refractivity contribution in [3.8, 4) is 0 Å². The summed E-state index contributed by atoms with van der Waals surface area (Å²) in [5.41, 5.74) is 0. The molecule has 0 unspecified atom stereocenters. The largest absolute Gasteiger partial charge is 0.463 e. The van der Waals surface area contributed by atoms with E-state index in [9.17, 15) is 9.90 Å². The molecular weight excluding hydrogens is 284 g/mol. The quantitative estimate of drug-likeness (QED) is 0.483. The van der Waals surface area contributed by atoms with Gasteiger partial charge in [-0.1, -0.05) is 35.2 Å². The molecular formula is C13H21BrO3. The van der Waals surface area contributed by atoms with Crippen LogP contribution in [0, 0.1) is 5.92 Å². The molecule has 0 aromatic rings. The number of halogens is 1. The van der Waals surface area contributed by atoms with Crippen LogP contribution in [0.5, 0.6) is 0 Å². The Morgan fingerprint density at radius 1 is 1.47 bits per heavy atom. The Hall–Kier alpha value is -0.350. The predicted octanol–water partition coefficient (Wildman–Crippen LogP) is 2.81. The summed E-state index contributed by atoms with van der Waals surface area (Å²) < 4.78 is 4.77. The van der Waals surface area contributed by atoms with E-state index < -0.39 is 12.1 Å². The molecule has 1 rings (SSSR count). The van der Waals surface area contributed by atoms with Crippen LogP contribution in [-0.4, -0.2) is 28.6 Å². The van der Waals surface area contributed by atoms with E-state index in [1.807, 2.05) is 0 Å². The minimum Gasteiger partial charge on any atom is -0.463 e. The summed E-state index contributed by atoms with van der Waals surface area (Å²) in [6, 6.07) is 0. The Bertz CT molecular complexity index is 259. The van der Waals surface area contributed by atoms with Gasteiger partial charge in [-0.3, -0.25) is 0 Å². The lowest BCUT2D eigenvalue weighted by atomic mass is 9.85. The minimum atomic E-state index is -0.623. The Morgan fingerprint density at radius 3 is 2.71 bits per heavy atom. The summed E-state index contributed by atoms with van der Waals surface area (Å²) >= 11 is 3.54. The topological polar surface area (TPSA) is 46.5 Å². The lowest BCUT2D eigenvalue weighted by molar-refractivity contribution is -0.137. The summed E-state index contributed by atoms with van der Waals surface area (Å²) in [6.45, 7) is 2.12. The van der Waals surface area contributed by atoms with Crippen molar-refractivity contribution in [3.63, 3.8) is 0 Å². The third-order valence-corrected chi connectivity index (χ3v) is 4.43. The second-order valence-electron chi connectivity index (χ2n) is 4.44. The standard InChI is InChI=1S/C13H21BrO3/c1-2-17-12(16)9-8-11(15)13(14)10-6-4-3-5-7-10/h8-11,13,15H,2-7H2,1H3/b9-8+/t11-,13+/m1/s1. The third-order valence-electron chi connectivity index (χ3n) is 3.14. The number of hydrogen-bond donors (Lipinski definition) is 1. The minimum absolute atomic E-state index is 0.0356. The average Bonchev–Trinajstić information content (AvgIpc) is 2.36. The molecule has 0 aromatic carbocycles. The van der Waals surface area contributed by atoms with Crippen LogP contribution in [0.2, 0.25) is 0 Å². The number of ether oxygens (including phenoxy) is 1. The van der Waals surface area contributed by atoms with Gasteiger partial charge < -0.3 is 9.84 Å². The molecule has 1 N–H and O–H groups in total. The highest BCUT2D eigenvalue weighted by Crippen LogP contribution is 2.32. The van der Waals surface area contributed by atoms with E-state index in [0.29, 0.717) is 12.5 Å². The fourth-order valence-corrected chi connectivity index (χ4v) is 2.91. The van der Waals surface area contributed by atoms with Crippen molar-refractivity contribution in [2.75, 3.05) is 6.61 Å². The lowest BCUT2D eigenvalue weighted by Gasteiger charge is -2.28. The number of alkyl halides is 1. The number of aliphatic hydroxyl groups excluding tert-OH is 1. The fraction of sp³-hybridized carbons (Fsp3) is 0.769. The average molecular weight is 305 g/mol. The van der Waals surface area contributed by atoms with Crippen LogP contribution in [0.1, 0.15) is 39.0 Å². The molecule has 4 heteroatoms. The number of rotatable bonds is 5. The van der Waals surface area contributed by atoms with Gasteiger partial charge in [0.05, 0.1) is 12.7 Å². The van der Waals surface area contributed by atoms with Crippen LogP contribution in [0.15, 0.2) is 12.2 Å². The molecule has 0 heterocycles. The molecule has 17 heavy (non-hydrogen) atoms. The molecule has 1 aliphatic carbocycles. The molecule has 0 aromatic heterocycles. The van der Waals surface area contributed by atoms with E-state index in [-0.39, 0.29) is 4.83 Å². The van der Waals surface area contributed by atoms with Gasteiger partial charge in [-0.05, 0) is 31.8 Å². The number of carbonyl (C=O) groups excluding carboxylic acids is 1. The molecule has 0 radical (unpaired) electrons. The van der Waals surface area contributed by atoms with Crippen molar-refractivity contribution in [2.24, 2.45) is 5.92 Å². The van der Waals surface area contributed by atoms with Crippen molar-refractivity contribution >= 4 is 21.9 Å². The van der Waals surface area contributed by atoms with E-state index in [0.717, 1.165) is 12.8 Å². The normalized spacial score (nSPS) is 21.4. The molecule has 3 nitrogen and oxygen atoms in total. The first kappa shape index (κ1) is 14.7. The zero-order chi connectivity index (χ0) is 12.7. The summed E-state index contributed by atoms with van der Waals surface area (Å²) in [4.78, 5) is 11.1. The van der Waals surface area contributed by atoms with Crippen LogP contribution in [0.3, 0.4) is 0 Å². The van der Waals surface area contributed by atoms with Crippen LogP contribution in [0.25, 0.3) is 0 Å². The second kappa shape index (κ2) is 7.88. The molecule has 0 aliphatic heterocycles. The first-order valence-corrected chi connectivity index (χ1v) is 7.23. The first-order valence-electron chi connectivity index (χ1n) is 6.32. The van der Waals surface area contributed by atoms with Gasteiger partial charge in [-0.15, -0.1) is 0 Å². The molecule has 1 fully saturated rings. The highest BCUT2D eigenvalue weighted by Gasteiger charge is 2.25. The predicted molar refractivity (Wildman–Crippen MR) is 71.1 cm³/mol. The van der Waals surface area contributed by atoms with Gasteiger partial charge in [0.15, 0.2) is 0 Å². The summed E-state index contributed by atoms with van der Waals surface area (Å²) in [6.07, 6.45) is 8.28. The summed E-state index contributed by atoms with van der Waals surface area (Å²) in [5, 5.41) is 9.95. The van der Waals surface area contributed by atoms with Gasteiger partial charge in [0.25, 0.3) is 0 Å². The number of carbonyl (C=O) groups is 1. The Balaban J connectivity index is 2.39. The first-order chi connectivity index (χ1) is 8.15. The van der Waals surface area contributed by atoms with E-state index in [1.54, 1.807) is 6.92 Å². The smallest absolute Gasteiger partial charge is 0.330 e. The van der Waals surface area contributed by atoms with Crippen molar-refractivity contribution < 1.29 is 14.6 Å². The molecule has 2 atom stereocenters. The molecule has 0 spiro atoms. The maximum absolute atomic E-state index is 11.1. The fourth-order valence-electron chi connectivity index (χ4n) is 2.21. The Morgan fingerprint density at radius 2 is 2.12 bits per heavy atom. The van der Waals surface area contributed by atoms with Gasteiger partial charge in [0.1, 0.15) is 0 Å². The van der Waals surface area contributed by atoms with Crippen LogP contribution < -0.4 is 0 Å². The molecule has 0 bridgehead atoms. The van der Waals surface area contributed by atoms with Gasteiger partial charge in [0.2, 0.25) is 0 Å². The highest BCUT2D eigenvalue weighted by molar-refractivity contribution is 9.09. The van der Waals surface area contributed by atoms with Crippen molar-refractivity contribution in [3.05, 3.63) is 12.2 Å². The molecule has 1 saturated carbocycles. The zero-order valence-electron chi connectivity index (χ0n) is 10.3. The number of esters is 1. The monoisotopic (exact) mass is 304 g/mol. The van der Waals surface area contributed by atoms with Crippen LogP contribution >= 0.6 is 15.9 Å². The third kappa shape index (κ3) is 5.21. The second-order valence-corrected chi connectivity index (χ2v) is 5.50. The molecule has 0 amide bonds. The van der Waals surface area contributed by atoms with Gasteiger partial charge in [0, 0.05) is 10.9 Å². The van der Waals surface area contributed by atoms with Gasteiger partial charge in [-0.2, -0.15) is 0 Å². The van der Waals surface area contributed by atoms with Crippen molar-refractivity contribution in [2.45, 2.75) is 50.0 Å². The van der Waals surface area contributed by atoms with E-state index in [2.05, 4.69) is 15.9 Å².